The lowest BCUT2D eigenvalue weighted by atomic mass is 10.1. The molecule has 1 aromatic heterocycles. The first-order chi connectivity index (χ1) is 13.3. The summed E-state index contributed by atoms with van der Waals surface area (Å²) in [4.78, 5) is 9.61. The van der Waals surface area contributed by atoms with Gasteiger partial charge in [0.25, 0.3) is 0 Å². The van der Waals surface area contributed by atoms with Gasteiger partial charge in [0, 0.05) is 52.4 Å². The number of piperazine rings is 1. The highest BCUT2D eigenvalue weighted by Crippen LogP contribution is 2.12. The van der Waals surface area contributed by atoms with Crippen molar-refractivity contribution in [1.82, 2.24) is 20.3 Å². The fourth-order valence-electron chi connectivity index (χ4n) is 3.26. The Kier molecular flexibility index (Phi) is 9.72. The summed E-state index contributed by atoms with van der Waals surface area (Å²) >= 11 is 0. The summed E-state index contributed by atoms with van der Waals surface area (Å²) in [5, 5.41) is 7.44. The van der Waals surface area contributed by atoms with E-state index in [1.165, 1.54) is 11.1 Å². The number of aliphatic imine (C=N–C) groups is 1. The van der Waals surface area contributed by atoms with E-state index >= 15 is 0 Å². The number of benzene rings is 1. The van der Waals surface area contributed by atoms with Crippen LogP contribution in [0.3, 0.4) is 0 Å². The van der Waals surface area contributed by atoms with Crippen molar-refractivity contribution >= 4 is 29.9 Å². The number of rotatable bonds is 7. The van der Waals surface area contributed by atoms with Crippen molar-refractivity contribution in [3.8, 4) is 0 Å². The molecule has 1 N–H and O–H groups in total. The van der Waals surface area contributed by atoms with Gasteiger partial charge in [0.1, 0.15) is 6.26 Å². The Bertz CT molecular complexity index is 715. The molecule has 1 aliphatic heterocycles. The molecule has 0 spiro atoms. The number of nitrogens with one attached hydrogen (secondary N) is 1. The molecule has 28 heavy (non-hydrogen) atoms. The van der Waals surface area contributed by atoms with Crippen molar-refractivity contribution in [1.29, 1.82) is 0 Å². The second-order valence-electron chi connectivity index (χ2n) is 6.63. The number of hydrogen-bond donors (Lipinski definition) is 1. The molecule has 0 bridgehead atoms. The van der Waals surface area contributed by atoms with Crippen molar-refractivity contribution in [3.05, 3.63) is 53.4 Å². The molecule has 0 amide bonds. The van der Waals surface area contributed by atoms with Crippen LogP contribution in [0.5, 0.6) is 0 Å². The molecule has 1 saturated heterocycles. The average Bonchev–Trinajstić information content (AvgIpc) is 3.20. The number of nitrogens with zero attached hydrogens (tertiary/aromatic N) is 4. The number of aromatic nitrogens is 1. The van der Waals surface area contributed by atoms with Gasteiger partial charge in [-0.1, -0.05) is 29.4 Å². The Morgan fingerprint density at radius 1 is 1.18 bits per heavy atom. The monoisotopic (exact) mass is 499 g/mol. The van der Waals surface area contributed by atoms with Gasteiger partial charge in [-0.3, -0.25) is 4.90 Å². The van der Waals surface area contributed by atoms with Gasteiger partial charge in [-0.15, -0.1) is 24.0 Å². The van der Waals surface area contributed by atoms with Crippen LogP contribution in [0.2, 0.25) is 0 Å². The Balaban J connectivity index is 0.00000280. The minimum absolute atomic E-state index is 0. The largest absolute Gasteiger partial charge is 0.380 e. The van der Waals surface area contributed by atoms with Gasteiger partial charge in [-0.25, -0.2) is 4.99 Å². The molecule has 0 atom stereocenters. The standard InChI is InChI=1S/C20H29N5O2.HI/c1-3-21-20(22-14-17-6-4-5-7-18(17)16-26-2)25-11-9-24(10-12-25)15-19-8-13-27-23-19;/h4-8,13H,3,9-12,14-16H2,1-2H3,(H,21,22);1H. The lowest BCUT2D eigenvalue weighted by molar-refractivity contribution is 0.169. The van der Waals surface area contributed by atoms with E-state index in [0.717, 1.165) is 50.9 Å². The zero-order chi connectivity index (χ0) is 18.9. The third kappa shape index (κ3) is 6.46. The van der Waals surface area contributed by atoms with Crippen molar-refractivity contribution in [2.75, 3.05) is 39.8 Å². The zero-order valence-corrected chi connectivity index (χ0v) is 19.0. The van der Waals surface area contributed by atoms with Crippen LogP contribution in [-0.4, -0.2) is 60.7 Å². The van der Waals surface area contributed by atoms with Crippen molar-refractivity contribution in [2.24, 2.45) is 4.99 Å². The van der Waals surface area contributed by atoms with E-state index in [1.807, 2.05) is 12.1 Å². The third-order valence-electron chi connectivity index (χ3n) is 4.70. The lowest BCUT2D eigenvalue weighted by Gasteiger charge is -2.36. The smallest absolute Gasteiger partial charge is 0.194 e. The number of halogens is 1. The van der Waals surface area contributed by atoms with E-state index in [4.69, 9.17) is 14.3 Å². The maximum atomic E-state index is 5.30. The number of guanidine groups is 1. The van der Waals surface area contributed by atoms with Gasteiger partial charge in [0.2, 0.25) is 0 Å². The summed E-state index contributed by atoms with van der Waals surface area (Å²) in [5.41, 5.74) is 3.38. The molecular weight excluding hydrogens is 469 g/mol. The quantitative estimate of drug-likeness (QED) is 0.359. The van der Waals surface area contributed by atoms with Gasteiger partial charge < -0.3 is 19.5 Å². The zero-order valence-electron chi connectivity index (χ0n) is 16.6. The van der Waals surface area contributed by atoms with Gasteiger partial charge >= 0.3 is 0 Å². The van der Waals surface area contributed by atoms with E-state index in [0.29, 0.717) is 13.2 Å². The number of hydrogen-bond acceptors (Lipinski definition) is 5. The van der Waals surface area contributed by atoms with Gasteiger partial charge in [0.15, 0.2) is 5.96 Å². The minimum Gasteiger partial charge on any atom is -0.380 e. The minimum atomic E-state index is 0. The van der Waals surface area contributed by atoms with Crippen LogP contribution < -0.4 is 5.32 Å². The number of ether oxygens (including phenoxy) is 1. The molecule has 8 heteroatoms. The molecule has 1 fully saturated rings. The van der Waals surface area contributed by atoms with Gasteiger partial charge in [0.05, 0.1) is 18.8 Å². The summed E-state index contributed by atoms with van der Waals surface area (Å²) in [6.07, 6.45) is 1.63. The first-order valence-electron chi connectivity index (χ1n) is 9.50. The predicted octanol–water partition coefficient (Wildman–Crippen LogP) is 2.72. The first-order valence-corrected chi connectivity index (χ1v) is 9.50. The Hall–Kier alpha value is -1.65. The highest BCUT2D eigenvalue weighted by Gasteiger charge is 2.20. The van der Waals surface area contributed by atoms with Crippen LogP contribution in [0.1, 0.15) is 23.7 Å². The summed E-state index contributed by atoms with van der Waals surface area (Å²) in [6.45, 7) is 8.93. The predicted molar refractivity (Wildman–Crippen MR) is 121 cm³/mol. The van der Waals surface area contributed by atoms with Crippen LogP contribution in [-0.2, 0) is 24.4 Å². The summed E-state index contributed by atoms with van der Waals surface area (Å²) in [6, 6.07) is 10.2. The van der Waals surface area contributed by atoms with Crippen molar-refractivity contribution in [2.45, 2.75) is 26.6 Å². The molecule has 3 rings (SSSR count). The highest BCUT2D eigenvalue weighted by molar-refractivity contribution is 14.0. The second-order valence-corrected chi connectivity index (χ2v) is 6.63. The van der Waals surface area contributed by atoms with Crippen molar-refractivity contribution in [3.63, 3.8) is 0 Å². The molecule has 2 heterocycles. The Morgan fingerprint density at radius 2 is 1.93 bits per heavy atom. The van der Waals surface area contributed by atoms with E-state index < -0.39 is 0 Å². The molecule has 2 aromatic rings. The second kappa shape index (κ2) is 12.0. The van der Waals surface area contributed by atoms with Crippen LogP contribution in [0.15, 0.2) is 46.1 Å². The average molecular weight is 499 g/mol. The van der Waals surface area contributed by atoms with E-state index in [-0.39, 0.29) is 24.0 Å². The van der Waals surface area contributed by atoms with E-state index in [1.54, 1.807) is 13.4 Å². The summed E-state index contributed by atoms with van der Waals surface area (Å²) in [7, 11) is 1.72. The number of methoxy groups -OCH3 is 1. The van der Waals surface area contributed by atoms with E-state index in [9.17, 15) is 0 Å². The fourth-order valence-corrected chi connectivity index (χ4v) is 3.26. The van der Waals surface area contributed by atoms with Gasteiger partial charge in [-0.2, -0.15) is 0 Å². The lowest BCUT2D eigenvalue weighted by Crippen LogP contribution is -2.52. The molecule has 0 saturated carbocycles. The van der Waals surface area contributed by atoms with Crippen LogP contribution >= 0.6 is 24.0 Å². The Labute approximate surface area is 184 Å². The first kappa shape index (κ1) is 22.6. The molecule has 1 aliphatic rings. The summed E-state index contributed by atoms with van der Waals surface area (Å²) in [5.74, 6) is 0.978. The molecular formula is C20H30IN5O2. The molecule has 1 aromatic carbocycles. The maximum Gasteiger partial charge on any atom is 0.194 e. The summed E-state index contributed by atoms with van der Waals surface area (Å²) < 4.78 is 10.2. The maximum absolute atomic E-state index is 5.30. The normalized spacial score (nSPS) is 15.4. The van der Waals surface area contributed by atoms with Crippen molar-refractivity contribution < 1.29 is 9.26 Å². The molecule has 154 valence electrons. The fraction of sp³-hybridized carbons (Fsp3) is 0.500. The van der Waals surface area contributed by atoms with Crippen LogP contribution in [0.25, 0.3) is 0 Å². The molecule has 0 aliphatic carbocycles. The molecule has 7 nitrogen and oxygen atoms in total. The topological polar surface area (TPSA) is 66.1 Å². The van der Waals surface area contributed by atoms with Crippen LogP contribution in [0, 0.1) is 0 Å². The SMILES string of the molecule is CCNC(=NCc1ccccc1COC)N1CCN(Cc2ccon2)CC1.I. The Morgan fingerprint density at radius 3 is 2.57 bits per heavy atom. The van der Waals surface area contributed by atoms with Gasteiger partial charge in [-0.05, 0) is 18.1 Å². The third-order valence-corrected chi connectivity index (χ3v) is 4.70. The van der Waals surface area contributed by atoms with E-state index in [2.05, 4.69) is 45.4 Å². The molecule has 0 unspecified atom stereocenters. The highest BCUT2D eigenvalue weighted by atomic mass is 127. The van der Waals surface area contributed by atoms with Crippen LogP contribution in [0.4, 0.5) is 0 Å². The molecule has 0 radical (unpaired) electrons.